The van der Waals surface area contributed by atoms with Crippen molar-refractivity contribution in [3.05, 3.63) is 64.1 Å². The van der Waals surface area contributed by atoms with Gasteiger partial charge in [0.15, 0.2) is 0 Å². The van der Waals surface area contributed by atoms with Crippen molar-refractivity contribution in [2.24, 2.45) is 0 Å². The first kappa shape index (κ1) is 18.4. The molecule has 0 fully saturated rings. The molecule has 3 nitrogen and oxygen atoms in total. The number of benzene rings is 2. The summed E-state index contributed by atoms with van der Waals surface area (Å²) in [7, 11) is 0. The fourth-order valence-electron chi connectivity index (χ4n) is 1.92. The van der Waals surface area contributed by atoms with Crippen molar-refractivity contribution in [2.75, 3.05) is 5.32 Å². The molecule has 0 spiro atoms. The summed E-state index contributed by atoms with van der Waals surface area (Å²) < 4.78 is -0.834. The lowest BCUT2D eigenvalue weighted by atomic mass is 10.2. The third-order valence-electron chi connectivity index (χ3n) is 3.04. The van der Waals surface area contributed by atoms with Gasteiger partial charge in [-0.05, 0) is 48.9 Å². The van der Waals surface area contributed by atoms with Crippen LogP contribution in [0.2, 0.25) is 0 Å². The topological polar surface area (TPSA) is 41.1 Å². The van der Waals surface area contributed by atoms with Crippen LogP contribution in [0.15, 0.2) is 53.0 Å². The molecule has 1 amide bonds. The van der Waals surface area contributed by atoms with Crippen LogP contribution < -0.4 is 10.6 Å². The van der Waals surface area contributed by atoms with Gasteiger partial charge >= 0.3 is 0 Å². The maximum atomic E-state index is 12.3. The third kappa shape index (κ3) is 5.57. The first-order chi connectivity index (χ1) is 10.8. The molecule has 0 aliphatic rings. The van der Waals surface area contributed by atoms with Crippen LogP contribution in [-0.2, 0) is 0 Å². The first-order valence-corrected chi connectivity index (χ1v) is 8.65. The van der Waals surface area contributed by atoms with Crippen molar-refractivity contribution >= 4 is 62.3 Å². The summed E-state index contributed by atoms with van der Waals surface area (Å²) in [5.74, 6) is -0.339. The summed E-state index contributed by atoms with van der Waals surface area (Å²) in [6, 6.07) is 14.5. The molecule has 0 radical (unpaired) electrons. The van der Waals surface area contributed by atoms with Gasteiger partial charge in [-0.25, -0.2) is 0 Å². The van der Waals surface area contributed by atoms with E-state index in [1.807, 2.05) is 31.2 Å². The predicted octanol–water partition coefficient (Wildman–Crippen LogP) is 5.30. The average molecular weight is 437 g/mol. The number of carbonyl (C=O) groups excluding carboxylic acids is 1. The van der Waals surface area contributed by atoms with Gasteiger partial charge in [0.25, 0.3) is 5.91 Å². The molecule has 0 aliphatic heterocycles. The van der Waals surface area contributed by atoms with Crippen molar-refractivity contribution in [3.8, 4) is 0 Å². The Labute approximate surface area is 158 Å². The highest BCUT2D eigenvalue weighted by atomic mass is 79.9. The van der Waals surface area contributed by atoms with Gasteiger partial charge in [0.05, 0.1) is 0 Å². The molecule has 0 saturated heterocycles. The van der Waals surface area contributed by atoms with Gasteiger partial charge in [-0.1, -0.05) is 62.9 Å². The smallest absolute Gasteiger partial charge is 0.252 e. The van der Waals surface area contributed by atoms with Gasteiger partial charge in [0.2, 0.25) is 3.79 Å². The van der Waals surface area contributed by atoms with E-state index in [0.717, 1.165) is 15.7 Å². The third-order valence-corrected chi connectivity index (χ3v) is 4.22. The first-order valence-electron chi connectivity index (χ1n) is 6.72. The molecule has 0 aromatic heterocycles. The van der Waals surface area contributed by atoms with Gasteiger partial charge in [-0.2, -0.15) is 0 Å². The second-order valence-corrected chi connectivity index (χ2v) is 8.25. The van der Waals surface area contributed by atoms with Crippen LogP contribution in [0.5, 0.6) is 0 Å². The van der Waals surface area contributed by atoms with E-state index in [-0.39, 0.29) is 5.91 Å². The van der Waals surface area contributed by atoms with E-state index in [4.69, 9.17) is 34.8 Å². The predicted molar refractivity (Wildman–Crippen MR) is 100 cm³/mol. The van der Waals surface area contributed by atoms with E-state index >= 15 is 0 Å². The van der Waals surface area contributed by atoms with Crippen molar-refractivity contribution in [2.45, 2.75) is 16.9 Å². The molecular formula is C16H14BrCl3N2O. The van der Waals surface area contributed by atoms with Crippen LogP contribution in [0.4, 0.5) is 5.69 Å². The summed E-state index contributed by atoms with van der Waals surface area (Å²) >= 11 is 21.3. The summed E-state index contributed by atoms with van der Waals surface area (Å²) in [6.45, 7) is 1.95. The fraction of sp³-hybridized carbons (Fsp3) is 0.188. The van der Waals surface area contributed by atoms with Crippen molar-refractivity contribution < 1.29 is 4.79 Å². The molecular weight excluding hydrogens is 422 g/mol. The number of hydrogen-bond acceptors (Lipinski definition) is 2. The minimum atomic E-state index is -1.71. The van der Waals surface area contributed by atoms with E-state index in [2.05, 4.69) is 26.6 Å². The van der Waals surface area contributed by atoms with Crippen LogP contribution in [-0.4, -0.2) is 15.9 Å². The zero-order valence-electron chi connectivity index (χ0n) is 12.1. The minimum absolute atomic E-state index is 0.339. The maximum absolute atomic E-state index is 12.3. The molecule has 0 bridgehead atoms. The molecule has 7 heteroatoms. The van der Waals surface area contributed by atoms with E-state index in [0.29, 0.717) is 5.56 Å². The van der Waals surface area contributed by atoms with E-state index in [1.165, 1.54) is 0 Å². The molecule has 0 heterocycles. The number of hydrogen-bond donors (Lipinski definition) is 2. The Morgan fingerprint density at radius 1 is 1.13 bits per heavy atom. The highest BCUT2D eigenvalue weighted by Crippen LogP contribution is 2.31. The quantitative estimate of drug-likeness (QED) is 0.505. The number of halogens is 4. The maximum Gasteiger partial charge on any atom is 0.252 e. The number of carbonyl (C=O) groups is 1. The monoisotopic (exact) mass is 434 g/mol. The molecule has 2 aromatic rings. The Bertz CT molecular complexity index is 686. The SMILES string of the molecule is Cc1cccc(NC(NC(=O)c2ccc(Br)cc2)C(Cl)(Cl)Cl)c1. The lowest BCUT2D eigenvalue weighted by Crippen LogP contribution is -2.49. The molecule has 122 valence electrons. The second kappa shape index (κ2) is 7.75. The summed E-state index contributed by atoms with van der Waals surface area (Å²) in [6.07, 6.45) is -0.884. The molecule has 1 unspecified atom stereocenters. The Morgan fingerprint density at radius 3 is 2.35 bits per heavy atom. The van der Waals surface area contributed by atoms with Crippen molar-refractivity contribution in [1.82, 2.24) is 5.32 Å². The lowest BCUT2D eigenvalue weighted by molar-refractivity contribution is 0.0942. The van der Waals surface area contributed by atoms with Gasteiger partial charge < -0.3 is 10.6 Å². The number of alkyl halides is 3. The number of anilines is 1. The van der Waals surface area contributed by atoms with E-state index < -0.39 is 9.96 Å². The molecule has 2 aromatic carbocycles. The normalized spacial score (nSPS) is 12.6. The molecule has 2 N–H and O–H groups in total. The van der Waals surface area contributed by atoms with E-state index in [1.54, 1.807) is 24.3 Å². The standard InChI is InChI=1S/C16H14BrCl3N2O/c1-10-3-2-4-13(9-10)21-15(16(18,19)20)22-14(23)11-5-7-12(17)8-6-11/h2-9,15,21H,1H3,(H,22,23). The van der Waals surface area contributed by atoms with Crippen LogP contribution in [0, 0.1) is 6.92 Å². The minimum Gasteiger partial charge on any atom is -0.362 e. The number of rotatable bonds is 4. The molecule has 1 atom stereocenters. The van der Waals surface area contributed by atoms with Crippen LogP contribution in [0.1, 0.15) is 15.9 Å². The largest absolute Gasteiger partial charge is 0.362 e. The Balaban J connectivity index is 2.16. The van der Waals surface area contributed by atoms with Crippen LogP contribution >= 0.6 is 50.7 Å². The molecule has 0 saturated carbocycles. The number of aryl methyl sites for hydroxylation is 1. The lowest BCUT2D eigenvalue weighted by Gasteiger charge is -2.27. The zero-order chi connectivity index (χ0) is 17.0. The van der Waals surface area contributed by atoms with Crippen molar-refractivity contribution in [3.63, 3.8) is 0 Å². The average Bonchev–Trinajstić information content (AvgIpc) is 2.46. The Kier molecular flexibility index (Phi) is 6.20. The van der Waals surface area contributed by atoms with Crippen LogP contribution in [0.25, 0.3) is 0 Å². The van der Waals surface area contributed by atoms with Crippen LogP contribution in [0.3, 0.4) is 0 Å². The molecule has 23 heavy (non-hydrogen) atoms. The van der Waals surface area contributed by atoms with Gasteiger partial charge in [0.1, 0.15) is 6.17 Å². The Hall–Kier alpha value is -0.940. The second-order valence-electron chi connectivity index (χ2n) is 4.97. The highest BCUT2D eigenvalue weighted by molar-refractivity contribution is 9.10. The summed E-state index contributed by atoms with van der Waals surface area (Å²) in [4.78, 5) is 12.3. The number of nitrogens with one attached hydrogen (secondary N) is 2. The number of amides is 1. The van der Waals surface area contributed by atoms with Crippen molar-refractivity contribution in [1.29, 1.82) is 0 Å². The zero-order valence-corrected chi connectivity index (χ0v) is 16.0. The van der Waals surface area contributed by atoms with Gasteiger partial charge in [-0.3, -0.25) is 4.79 Å². The highest BCUT2D eigenvalue weighted by Gasteiger charge is 2.34. The summed E-state index contributed by atoms with van der Waals surface area (Å²) in [5, 5.41) is 5.73. The van der Waals surface area contributed by atoms with E-state index in [9.17, 15) is 4.79 Å². The fourth-order valence-corrected chi connectivity index (χ4v) is 2.51. The van der Waals surface area contributed by atoms with Gasteiger partial charge in [-0.15, -0.1) is 0 Å². The summed E-state index contributed by atoms with van der Waals surface area (Å²) in [5.41, 5.74) is 2.27. The molecule has 0 aliphatic carbocycles. The Morgan fingerprint density at radius 2 is 1.78 bits per heavy atom. The van der Waals surface area contributed by atoms with Gasteiger partial charge in [0, 0.05) is 15.7 Å². The molecule has 2 rings (SSSR count).